The highest BCUT2D eigenvalue weighted by atomic mass is 35.5. The van der Waals surface area contributed by atoms with E-state index in [2.05, 4.69) is 22.1 Å². The second kappa shape index (κ2) is 6.34. The van der Waals surface area contributed by atoms with E-state index in [0.717, 1.165) is 19.6 Å². The topological polar surface area (TPSA) is 28.2 Å². The molecule has 0 aromatic carbocycles. The number of aromatic nitrogens is 1. The lowest BCUT2D eigenvalue weighted by Crippen LogP contribution is -2.37. The maximum atomic E-state index is 5.90. The SMILES string of the molecule is CCN(Cc1ccnc(Cl)c1)CC1CCCN1. The maximum Gasteiger partial charge on any atom is 0.129 e. The summed E-state index contributed by atoms with van der Waals surface area (Å²) in [4.78, 5) is 6.46. The highest BCUT2D eigenvalue weighted by molar-refractivity contribution is 6.29. The Hall–Kier alpha value is -0.640. The van der Waals surface area contributed by atoms with Gasteiger partial charge in [-0.2, -0.15) is 0 Å². The zero-order chi connectivity index (χ0) is 12.1. The lowest BCUT2D eigenvalue weighted by atomic mass is 10.2. The first kappa shape index (κ1) is 12.8. The molecule has 17 heavy (non-hydrogen) atoms. The molecule has 1 atom stereocenters. The molecule has 1 aromatic heterocycles. The van der Waals surface area contributed by atoms with Gasteiger partial charge in [-0.15, -0.1) is 0 Å². The summed E-state index contributed by atoms with van der Waals surface area (Å²) in [7, 11) is 0. The Balaban J connectivity index is 1.90. The molecule has 0 bridgehead atoms. The van der Waals surface area contributed by atoms with Crippen LogP contribution < -0.4 is 5.32 Å². The highest BCUT2D eigenvalue weighted by Gasteiger charge is 2.17. The second-order valence-corrected chi connectivity index (χ2v) is 5.00. The van der Waals surface area contributed by atoms with Crippen LogP contribution in [0.1, 0.15) is 25.3 Å². The number of pyridine rings is 1. The van der Waals surface area contributed by atoms with Crippen molar-refractivity contribution in [3.05, 3.63) is 29.0 Å². The summed E-state index contributed by atoms with van der Waals surface area (Å²) in [6.07, 6.45) is 4.39. The highest BCUT2D eigenvalue weighted by Crippen LogP contribution is 2.12. The number of nitrogens with zero attached hydrogens (tertiary/aromatic N) is 2. The molecular weight excluding hydrogens is 234 g/mol. The first-order chi connectivity index (χ1) is 8.28. The number of nitrogens with one attached hydrogen (secondary N) is 1. The number of hydrogen-bond donors (Lipinski definition) is 1. The van der Waals surface area contributed by atoms with Crippen molar-refractivity contribution >= 4 is 11.6 Å². The lowest BCUT2D eigenvalue weighted by Gasteiger charge is -2.24. The summed E-state index contributed by atoms with van der Waals surface area (Å²) in [6, 6.07) is 4.65. The molecule has 1 unspecified atom stereocenters. The van der Waals surface area contributed by atoms with Crippen molar-refractivity contribution in [2.75, 3.05) is 19.6 Å². The average Bonchev–Trinajstić information content (AvgIpc) is 2.81. The third-order valence-corrected chi connectivity index (χ3v) is 3.49. The van der Waals surface area contributed by atoms with Gasteiger partial charge in [0.1, 0.15) is 5.15 Å². The molecule has 1 saturated heterocycles. The molecule has 1 aliphatic heterocycles. The smallest absolute Gasteiger partial charge is 0.129 e. The van der Waals surface area contributed by atoms with Crippen LogP contribution in [0, 0.1) is 0 Å². The molecule has 2 heterocycles. The molecule has 0 spiro atoms. The van der Waals surface area contributed by atoms with Gasteiger partial charge < -0.3 is 5.32 Å². The predicted octanol–water partition coefficient (Wildman–Crippen LogP) is 2.31. The second-order valence-electron chi connectivity index (χ2n) is 4.61. The van der Waals surface area contributed by atoms with E-state index in [-0.39, 0.29) is 0 Å². The van der Waals surface area contributed by atoms with Crippen molar-refractivity contribution in [2.24, 2.45) is 0 Å². The van der Waals surface area contributed by atoms with Gasteiger partial charge in [0.05, 0.1) is 0 Å². The zero-order valence-electron chi connectivity index (χ0n) is 10.3. The van der Waals surface area contributed by atoms with Gasteiger partial charge in [0.15, 0.2) is 0 Å². The average molecular weight is 254 g/mol. The summed E-state index contributed by atoms with van der Waals surface area (Å²) in [5, 5.41) is 4.12. The minimum absolute atomic E-state index is 0.581. The van der Waals surface area contributed by atoms with Crippen molar-refractivity contribution in [3.63, 3.8) is 0 Å². The van der Waals surface area contributed by atoms with E-state index < -0.39 is 0 Å². The van der Waals surface area contributed by atoms with Crippen LogP contribution in [0.25, 0.3) is 0 Å². The van der Waals surface area contributed by atoms with Gasteiger partial charge in [0.25, 0.3) is 0 Å². The van der Waals surface area contributed by atoms with Crippen LogP contribution in [0.15, 0.2) is 18.3 Å². The quantitative estimate of drug-likeness (QED) is 0.817. The molecule has 1 aliphatic rings. The van der Waals surface area contributed by atoms with E-state index in [1.807, 2.05) is 12.1 Å². The molecule has 1 N–H and O–H groups in total. The molecule has 0 saturated carbocycles. The molecular formula is C13H20ClN3. The summed E-state index contributed by atoms with van der Waals surface area (Å²) >= 11 is 5.90. The van der Waals surface area contributed by atoms with Crippen molar-refractivity contribution in [2.45, 2.75) is 32.4 Å². The van der Waals surface area contributed by atoms with Crippen molar-refractivity contribution in [3.8, 4) is 0 Å². The monoisotopic (exact) mass is 253 g/mol. The van der Waals surface area contributed by atoms with E-state index in [4.69, 9.17) is 11.6 Å². The summed E-state index contributed by atoms with van der Waals surface area (Å²) in [6.45, 7) is 6.52. The Morgan fingerprint density at radius 2 is 2.47 bits per heavy atom. The molecule has 0 amide bonds. The van der Waals surface area contributed by atoms with E-state index in [0.29, 0.717) is 11.2 Å². The Kier molecular flexibility index (Phi) is 4.77. The van der Waals surface area contributed by atoms with Gasteiger partial charge in [-0.05, 0) is 43.6 Å². The van der Waals surface area contributed by atoms with Crippen molar-refractivity contribution in [1.29, 1.82) is 0 Å². The fraction of sp³-hybridized carbons (Fsp3) is 0.615. The Morgan fingerprint density at radius 1 is 1.59 bits per heavy atom. The number of hydrogen-bond acceptors (Lipinski definition) is 3. The molecule has 0 aliphatic carbocycles. The molecule has 1 aromatic rings. The largest absolute Gasteiger partial charge is 0.313 e. The number of halogens is 1. The van der Waals surface area contributed by atoms with Crippen molar-refractivity contribution < 1.29 is 0 Å². The van der Waals surface area contributed by atoms with Crippen LogP contribution in [0.5, 0.6) is 0 Å². The number of rotatable bonds is 5. The third-order valence-electron chi connectivity index (χ3n) is 3.29. The summed E-state index contributed by atoms with van der Waals surface area (Å²) in [5.74, 6) is 0. The van der Waals surface area contributed by atoms with Gasteiger partial charge in [-0.3, -0.25) is 4.90 Å². The summed E-state index contributed by atoms with van der Waals surface area (Å²) in [5.41, 5.74) is 1.24. The fourth-order valence-corrected chi connectivity index (χ4v) is 2.53. The minimum atomic E-state index is 0.581. The van der Waals surface area contributed by atoms with Crippen LogP contribution in [0.4, 0.5) is 0 Å². The van der Waals surface area contributed by atoms with Gasteiger partial charge >= 0.3 is 0 Å². The first-order valence-corrected chi connectivity index (χ1v) is 6.72. The molecule has 2 rings (SSSR count). The lowest BCUT2D eigenvalue weighted by molar-refractivity contribution is 0.253. The van der Waals surface area contributed by atoms with Gasteiger partial charge in [-0.25, -0.2) is 4.98 Å². The maximum absolute atomic E-state index is 5.90. The number of likely N-dealkylation sites (N-methyl/N-ethyl adjacent to an activating group) is 1. The standard InChI is InChI=1S/C13H20ClN3/c1-2-17(10-12-4-3-6-15-12)9-11-5-7-16-13(14)8-11/h5,7-8,12,15H,2-4,6,9-10H2,1H3. The molecule has 3 nitrogen and oxygen atoms in total. The van der Waals surface area contributed by atoms with Crippen LogP contribution in [0.2, 0.25) is 5.15 Å². The molecule has 4 heteroatoms. The van der Waals surface area contributed by atoms with Crippen LogP contribution in [-0.2, 0) is 6.54 Å². The fourth-order valence-electron chi connectivity index (χ4n) is 2.33. The van der Waals surface area contributed by atoms with Gasteiger partial charge in [0, 0.05) is 25.3 Å². The third kappa shape index (κ3) is 3.95. The van der Waals surface area contributed by atoms with E-state index in [1.165, 1.54) is 24.9 Å². The first-order valence-electron chi connectivity index (χ1n) is 6.34. The Morgan fingerprint density at radius 3 is 3.12 bits per heavy atom. The zero-order valence-corrected chi connectivity index (χ0v) is 11.1. The normalized spacial score (nSPS) is 20.1. The predicted molar refractivity (Wildman–Crippen MR) is 71.2 cm³/mol. The van der Waals surface area contributed by atoms with E-state index in [1.54, 1.807) is 6.20 Å². The van der Waals surface area contributed by atoms with E-state index >= 15 is 0 Å². The minimum Gasteiger partial charge on any atom is -0.313 e. The van der Waals surface area contributed by atoms with Crippen LogP contribution in [0.3, 0.4) is 0 Å². The Labute approximate surface area is 108 Å². The van der Waals surface area contributed by atoms with Crippen molar-refractivity contribution in [1.82, 2.24) is 15.2 Å². The van der Waals surface area contributed by atoms with Crippen LogP contribution >= 0.6 is 11.6 Å². The molecule has 94 valence electrons. The summed E-state index contributed by atoms with van der Waals surface area (Å²) < 4.78 is 0. The Bertz CT molecular complexity index is 350. The van der Waals surface area contributed by atoms with E-state index in [9.17, 15) is 0 Å². The van der Waals surface area contributed by atoms with Gasteiger partial charge in [-0.1, -0.05) is 18.5 Å². The van der Waals surface area contributed by atoms with Crippen LogP contribution in [-0.4, -0.2) is 35.6 Å². The van der Waals surface area contributed by atoms with Gasteiger partial charge in [0.2, 0.25) is 0 Å². The molecule has 1 fully saturated rings. The molecule has 0 radical (unpaired) electrons.